The average molecular weight is 615 g/mol. The van der Waals surface area contributed by atoms with Crippen molar-refractivity contribution in [1.82, 2.24) is 0 Å². The van der Waals surface area contributed by atoms with Crippen molar-refractivity contribution in [3.63, 3.8) is 0 Å². The smallest absolute Gasteiger partial charge is 0 e. The second kappa shape index (κ2) is 15.8. The predicted molar refractivity (Wildman–Crippen MR) is 97.7 cm³/mol. The van der Waals surface area contributed by atoms with E-state index in [9.17, 15) is 39.5 Å². The zero-order valence-corrected chi connectivity index (χ0v) is 22.3. The maximum absolute atomic E-state index is 12.6. The summed E-state index contributed by atoms with van der Waals surface area (Å²) in [6, 6.07) is 1.90. The van der Waals surface area contributed by atoms with E-state index in [1.54, 1.807) is 41.5 Å². The zero-order chi connectivity index (χ0) is 25.1. The summed E-state index contributed by atoms with van der Waals surface area (Å²) in [5.41, 5.74) is 0. The van der Waals surface area contributed by atoms with Gasteiger partial charge in [-0.05, 0) is 41.5 Å². The van der Waals surface area contributed by atoms with Gasteiger partial charge in [-0.2, -0.15) is 0 Å². The molecule has 3 nitrogen and oxygen atoms in total. The molecule has 1 rings (SSSR count). The molecule has 0 fully saturated rings. The van der Waals surface area contributed by atoms with Crippen molar-refractivity contribution in [1.29, 1.82) is 0 Å². The minimum Gasteiger partial charge on any atom is 0 e. The largest absolute Gasteiger partial charge is 0 e. The predicted octanol–water partition coefficient (Wildman–Crippen LogP) is 4.52. The van der Waals surface area contributed by atoms with Crippen molar-refractivity contribution in [2.24, 2.45) is 0 Å². The third-order valence-corrected chi connectivity index (χ3v) is 10.2. The standard InChI is InChI=1S/C8H4F9Ge.3C3H8O.Zr/c9-6(10,11)18(7(12,13)14,8(15,16)17)5-3-1-2-4-5;3*1-3(2)4;/h1-4H;3*3-4H,1-2H3;/q-1;;;;. The molecule has 0 aliphatic heterocycles. The summed E-state index contributed by atoms with van der Waals surface area (Å²) in [5, 5.41) is 5.10. The van der Waals surface area contributed by atoms with Crippen LogP contribution < -0.4 is 4.40 Å². The maximum Gasteiger partial charge on any atom is 0 e. The molecule has 0 aromatic heterocycles. The molecule has 0 amide bonds. The van der Waals surface area contributed by atoms with Crippen LogP contribution in [0.5, 0.6) is 0 Å². The number of aliphatic hydroxyl groups excluding tert-OH is 3. The van der Waals surface area contributed by atoms with Gasteiger partial charge in [-0.3, -0.25) is 0 Å². The first-order valence-corrected chi connectivity index (χ1v) is 12.7. The molecule has 0 atom stereocenters. The summed E-state index contributed by atoms with van der Waals surface area (Å²) in [5.74, 6) is 0. The summed E-state index contributed by atoms with van der Waals surface area (Å²) < 4.78 is 111. The van der Waals surface area contributed by atoms with Gasteiger partial charge in [0.2, 0.25) is 0 Å². The Hall–Kier alpha value is 0.0260. The fourth-order valence-electron chi connectivity index (χ4n) is 1.60. The normalized spacial score (nSPS) is 12.2. The van der Waals surface area contributed by atoms with Crippen LogP contribution in [0.15, 0.2) is 24.3 Å². The third kappa shape index (κ3) is 14.7. The summed E-state index contributed by atoms with van der Waals surface area (Å²) in [7, 11) is 0. The van der Waals surface area contributed by atoms with E-state index in [1.165, 1.54) is 0 Å². The molecule has 0 saturated carbocycles. The Morgan fingerprint density at radius 1 is 0.581 bits per heavy atom. The van der Waals surface area contributed by atoms with Gasteiger partial charge in [0.05, 0.1) is 0 Å². The monoisotopic (exact) mass is 615 g/mol. The number of halogens is 9. The van der Waals surface area contributed by atoms with E-state index in [1.807, 2.05) is 0 Å². The third-order valence-electron chi connectivity index (χ3n) is 2.37. The van der Waals surface area contributed by atoms with Crippen molar-refractivity contribution < 1.29 is 81.0 Å². The number of alkyl halides is 9. The first kappa shape index (κ1) is 38.3. The van der Waals surface area contributed by atoms with Gasteiger partial charge in [-0.15, -0.1) is 0 Å². The van der Waals surface area contributed by atoms with Gasteiger partial charge in [-0.1, -0.05) is 0 Å². The van der Waals surface area contributed by atoms with Gasteiger partial charge >= 0.3 is 96.5 Å². The van der Waals surface area contributed by atoms with E-state index >= 15 is 0 Å². The molecule has 31 heavy (non-hydrogen) atoms. The first-order chi connectivity index (χ1) is 13.1. The molecule has 0 radical (unpaired) electrons. The molecule has 0 spiro atoms. The van der Waals surface area contributed by atoms with Gasteiger partial charge in [0.15, 0.2) is 0 Å². The van der Waals surface area contributed by atoms with Crippen molar-refractivity contribution in [3.8, 4) is 0 Å². The van der Waals surface area contributed by atoms with E-state index in [0.717, 1.165) is 12.1 Å². The van der Waals surface area contributed by atoms with E-state index in [4.69, 9.17) is 15.3 Å². The number of hydrogen-bond donors (Lipinski definition) is 3. The van der Waals surface area contributed by atoms with E-state index < -0.39 is 32.7 Å². The minimum atomic E-state index is -8.38. The molecular weight excluding hydrogens is 587 g/mol. The Labute approximate surface area is 197 Å². The minimum absolute atomic E-state index is 0. The van der Waals surface area contributed by atoms with Crippen LogP contribution in [0.3, 0.4) is 0 Å². The number of hydrogen-bond acceptors (Lipinski definition) is 3. The maximum atomic E-state index is 12.6. The van der Waals surface area contributed by atoms with Gasteiger partial charge in [0, 0.05) is 44.5 Å². The molecule has 0 bridgehead atoms. The molecule has 0 saturated heterocycles. The molecule has 0 aliphatic rings. The zero-order valence-electron chi connectivity index (χ0n) is 17.8. The topological polar surface area (TPSA) is 60.7 Å². The Morgan fingerprint density at radius 2 is 0.742 bits per heavy atom. The second-order valence-corrected chi connectivity index (χ2v) is 14.6. The first-order valence-electron chi connectivity index (χ1n) is 8.52. The van der Waals surface area contributed by atoms with Crippen LogP contribution in [0, 0.1) is 0 Å². The second-order valence-electron chi connectivity index (χ2n) is 6.70. The Kier molecular flexibility index (Phi) is 19.5. The van der Waals surface area contributed by atoms with Crippen LogP contribution in [-0.4, -0.2) is 61.9 Å². The van der Waals surface area contributed by atoms with Crippen LogP contribution >= 0.6 is 0 Å². The molecule has 186 valence electrons. The van der Waals surface area contributed by atoms with Gasteiger partial charge < -0.3 is 15.3 Å². The molecule has 0 heterocycles. The Bertz CT molecular complexity index is 482. The Morgan fingerprint density at radius 3 is 0.871 bits per heavy atom. The van der Waals surface area contributed by atoms with Crippen LogP contribution in [0.2, 0.25) is 0 Å². The van der Waals surface area contributed by atoms with Gasteiger partial charge in [0.25, 0.3) is 0 Å². The van der Waals surface area contributed by atoms with Crippen LogP contribution in [0.25, 0.3) is 0 Å². The molecule has 3 N–H and O–H groups in total. The molecule has 14 heteroatoms. The Balaban J connectivity index is -0.000000232. The fraction of sp³-hybridized carbons (Fsp3) is 0.706. The van der Waals surface area contributed by atoms with Crippen LogP contribution in [0.1, 0.15) is 41.5 Å². The van der Waals surface area contributed by atoms with Crippen LogP contribution in [0.4, 0.5) is 39.5 Å². The molecule has 0 aliphatic carbocycles. The van der Waals surface area contributed by atoms with Crippen molar-refractivity contribution in [2.75, 3.05) is 0 Å². The summed E-state index contributed by atoms with van der Waals surface area (Å²) >= 11 is -8.38. The molecule has 1 aromatic carbocycles. The number of aliphatic hydroxyl groups is 3. The van der Waals surface area contributed by atoms with Gasteiger partial charge in [-0.25, -0.2) is 0 Å². The van der Waals surface area contributed by atoms with E-state index in [0.29, 0.717) is 0 Å². The SMILES string of the molecule is CC(C)O.CC(C)O.CC(C)O.F[C](F)(F)[Ge]([c-]1cccc1)([C](F)(F)F)[C](F)(F)F.[Zr]. The molecule has 1 aromatic rings. The summed E-state index contributed by atoms with van der Waals surface area (Å²) in [6.07, 6.45) is -0.500. The van der Waals surface area contributed by atoms with E-state index in [2.05, 4.69) is 0 Å². The van der Waals surface area contributed by atoms with Gasteiger partial charge in [0.1, 0.15) is 0 Å². The van der Waals surface area contributed by atoms with Crippen molar-refractivity contribution in [3.05, 3.63) is 24.3 Å². The van der Waals surface area contributed by atoms with E-state index in [-0.39, 0.29) is 56.6 Å². The number of rotatable bonds is 1. The van der Waals surface area contributed by atoms with Crippen molar-refractivity contribution in [2.45, 2.75) is 74.9 Å². The van der Waals surface area contributed by atoms with Crippen molar-refractivity contribution >= 4 is 17.7 Å². The molecule has 0 unspecified atom stereocenters. The molecular formula is C17H28F9GeO3Zr-. The fourth-order valence-corrected chi connectivity index (χ4v) is 7.13. The summed E-state index contributed by atoms with van der Waals surface area (Å²) in [6.45, 7) is 10.3. The average Bonchev–Trinajstić information content (AvgIpc) is 2.84. The quantitative estimate of drug-likeness (QED) is 0.248. The van der Waals surface area contributed by atoms with Crippen LogP contribution in [-0.2, 0) is 26.2 Å². The summed E-state index contributed by atoms with van der Waals surface area (Å²) in [4.78, 5) is 0.